The highest BCUT2D eigenvalue weighted by atomic mass is 16.3. The summed E-state index contributed by atoms with van der Waals surface area (Å²) in [7, 11) is 0. The highest BCUT2D eigenvalue weighted by molar-refractivity contribution is 6.13. The van der Waals surface area contributed by atoms with Crippen molar-refractivity contribution in [3.05, 3.63) is 174 Å². The number of hydrogen-bond donors (Lipinski definition) is 0. The molecule has 0 radical (unpaired) electrons. The van der Waals surface area contributed by atoms with Gasteiger partial charge in [0.1, 0.15) is 11.2 Å². The van der Waals surface area contributed by atoms with Crippen molar-refractivity contribution in [2.24, 2.45) is 0 Å². The van der Waals surface area contributed by atoms with Crippen LogP contribution in [0.15, 0.2) is 156 Å². The molecule has 2 aliphatic carbocycles. The number of furan rings is 1. The van der Waals surface area contributed by atoms with E-state index in [-0.39, 0.29) is 10.8 Å². The summed E-state index contributed by atoms with van der Waals surface area (Å²) in [5.41, 5.74) is 18.2. The molecule has 0 saturated carbocycles. The molecule has 1 aromatic heterocycles. The van der Waals surface area contributed by atoms with Crippen LogP contribution in [0.2, 0.25) is 0 Å². The van der Waals surface area contributed by atoms with Crippen LogP contribution < -0.4 is 4.90 Å². The first-order chi connectivity index (χ1) is 24.3. The molecule has 0 fully saturated rings. The molecule has 0 bridgehead atoms. The lowest BCUT2D eigenvalue weighted by atomic mass is 9.81. The Hall–Kier alpha value is -5.86. The van der Waals surface area contributed by atoms with Crippen LogP contribution in [-0.2, 0) is 10.8 Å². The zero-order valence-electron chi connectivity index (χ0n) is 28.8. The summed E-state index contributed by atoms with van der Waals surface area (Å²) < 4.78 is 6.43. The van der Waals surface area contributed by atoms with Crippen molar-refractivity contribution < 1.29 is 4.42 Å². The Kier molecular flexibility index (Phi) is 6.01. The minimum absolute atomic E-state index is 0.111. The van der Waals surface area contributed by atoms with E-state index in [1.807, 2.05) is 6.07 Å². The average molecular weight is 644 g/mol. The highest BCUT2D eigenvalue weighted by Gasteiger charge is 2.38. The molecule has 2 heteroatoms. The molecular formula is C48H37NO. The number of para-hydroxylation sites is 1. The first-order valence-corrected chi connectivity index (χ1v) is 17.6. The summed E-state index contributed by atoms with van der Waals surface area (Å²) in [6.07, 6.45) is 0. The molecule has 1 heterocycles. The third-order valence-electron chi connectivity index (χ3n) is 11.5. The van der Waals surface area contributed by atoms with Gasteiger partial charge in [-0.1, -0.05) is 131 Å². The summed E-state index contributed by atoms with van der Waals surface area (Å²) in [4.78, 5) is 2.46. The smallest absolute Gasteiger partial charge is 0.137 e. The van der Waals surface area contributed by atoms with Crippen LogP contribution in [0.3, 0.4) is 0 Å². The molecule has 0 atom stereocenters. The van der Waals surface area contributed by atoms with E-state index >= 15 is 0 Å². The Labute approximate surface area is 293 Å². The Balaban J connectivity index is 1.20. The minimum Gasteiger partial charge on any atom is -0.456 e. The maximum absolute atomic E-state index is 6.43. The van der Waals surface area contributed by atoms with E-state index in [1.165, 1.54) is 55.6 Å². The fourth-order valence-corrected chi connectivity index (χ4v) is 8.89. The van der Waals surface area contributed by atoms with Gasteiger partial charge in [-0.25, -0.2) is 0 Å². The van der Waals surface area contributed by atoms with Gasteiger partial charge in [-0.2, -0.15) is 0 Å². The normalized spacial score (nSPS) is 14.7. The van der Waals surface area contributed by atoms with Crippen LogP contribution in [0.5, 0.6) is 0 Å². The van der Waals surface area contributed by atoms with Gasteiger partial charge in [-0.05, 0) is 104 Å². The van der Waals surface area contributed by atoms with E-state index in [4.69, 9.17) is 4.42 Å². The van der Waals surface area contributed by atoms with Gasteiger partial charge in [0.2, 0.25) is 0 Å². The maximum atomic E-state index is 6.43. The predicted octanol–water partition coefficient (Wildman–Crippen LogP) is 13.3. The van der Waals surface area contributed by atoms with Crippen molar-refractivity contribution in [1.82, 2.24) is 0 Å². The van der Waals surface area contributed by atoms with Crippen LogP contribution in [0.1, 0.15) is 49.9 Å². The highest BCUT2D eigenvalue weighted by Crippen LogP contribution is 2.54. The molecule has 0 saturated heterocycles. The quantitative estimate of drug-likeness (QED) is 0.190. The van der Waals surface area contributed by atoms with Crippen LogP contribution in [0.25, 0.3) is 55.3 Å². The second kappa shape index (κ2) is 10.3. The van der Waals surface area contributed by atoms with E-state index in [0.29, 0.717) is 0 Å². The van der Waals surface area contributed by atoms with E-state index < -0.39 is 0 Å². The lowest BCUT2D eigenvalue weighted by Gasteiger charge is -2.30. The van der Waals surface area contributed by atoms with Crippen molar-refractivity contribution in [1.29, 1.82) is 0 Å². The second-order valence-corrected chi connectivity index (χ2v) is 15.0. The zero-order chi connectivity index (χ0) is 33.8. The number of rotatable bonds is 4. The van der Waals surface area contributed by atoms with Gasteiger partial charge in [0.15, 0.2) is 0 Å². The molecule has 0 aliphatic heterocycles. The molecule has 8 aromatic rings. The molecule has 2 aliphatic rings. The predicted molar refractivity (Wildman–Crippen MR) is 209 cm³/mol. The van der Waals surface area contributed by atoms with E-state index in [0.717, 1.165) is 39.0 Å². The van der Waals surface area contributed by atoms with Gasteiger partial charge in [-0.3, -0.25) is 0 Å². The van der Waals surface area contributed by atoms with E-state index in [1.54, 1.807) is 0 Å². The Morgan fingerprint density at radius 2 is 1.02 bits per heavy atom. The molecular weight excluding hydrogens is 607 g/mol. The Morgan fingerprint density at radius 3 is 1.78 bits per heavy atom. The Bertz CT molecular complexity index is 2660. The molecule has 2 nitrogen and oxygen atoms in total. The summed E-state index contributed by atoms with van der Waals surface area (Å²) in [6, 6.07) is 55.6. The fraction of sp³-hybridized carbons (Fsp3) is 0.125. The fourth-order valence-electron chi connectivity index (χ4n) is 8.89. The van der Waals surface area contributed by atoms with Gasteiger partial charge in [0.05, 0.1) is 11.1 Å². The van der Waals surface area contributed by atoms with Crippen molar-refractivity contribution in [2.75, 3.05) is 4.90 Å². The third-order valence-corrected chi connectivity index (χ3v) is 11.5. The summed E-state index contributed by atoms with van der Waals surface area (Å²) in [5.74, 6) is 0. The first kappa shape index (κ1) is 29.1. The SMILES string of the molecule is CC1(C)c2ccccc2-c2ccc(N(c3ccc4c(c3)C(C)(C)c3ccc(-c5ccccc5)cc3-4)c3cccc4oc5ccccc5c34)cc21. The van der Waals surface area contributed by atoms with E-state index in [2.05, 4.69) is 178 Å². The van der Waals surface area contributed by atoms with Gasteiger partial charge < -0.3 is 9.32 Å². The van der Waals surface area contributed by atoms with Crippen molar-refractivity contribution >= 4 is 39.0 Å². The molecule has 10 rings (SSSR count). The summed E-state index contributed by atoms with van der Waals surface area (Å²) in [6.45, 7) is 9.45. The minimum atomic E-state index is -0.155. The largest absolute Gasteiger partial charge is 0.456 e. The summed E-state index contributed by atoms with van der Waals surface area (Å²) >= 11 is 0. The number of nitrogens with zero attached hydrogens (tertiary/aromatic N) is 1. The molecule has 240 valence electrons. The second-order valence-electron chi connectivity index (χ2n) is 15.0. The van der Waals surface area contributed by atoms with Gasteiger partial charge in [-0.15, -0.1) is 0 Å². The summed E-state index contributed by atoms with van der Waals surface area (Å²) in [5, 5.41) is 2.25. The third kappa shape index (κ3) is 4.02. The lowest BCUT2D eigenvalue weighted by molar-refractivity contribution is 0.660. The number of anilines is 3. The lowest BCUT2D eigenvalue weighted by Crippen LogP contribution is -2.18. The van der Waals surface area contributed by atoms with Crippen molar-refractivity contribution in [3.63, 3.8) is 0 Å². The molecule has 0 spiro atoms. The van der Waals surface area contributed by atoms with Gasteiger partial charge >= 0.3 is 0 Å². The number of fused-ring (bicyclic) bond motifs is 9. The van der Waals surface area contributed by atoms with Crippen LogP contribution >= 0.6 is 0 Å². The topological polar surface area (TPSA) is 16.4 Å². The van der Waals surface area contributed by atoms with Crippen LogP contribution in [0.4, 0.5) is 17.1 Å². The van der Waals surface area contributed by atoms with Gasteiger partial charge in [0.25, 0.3) is 0 Å². The van der Waals surface area contributed by atoms with Crippen molar-refractivity contribution in [3.8, 4) is 33.4 Å². The molecule has 7 aromatic carbocycles. The molecule has 0 N–H and O–H groups in total. The zero-order valence-corrected chi connectivity index (χ0v) is 28.8. The van der Waals surface area contributed by atoms with Gasteiger partial charge in [0, 0.05) is 27.6 Å². The first-order valence-electron chi connectivity index (χ1n) is 17.6. The van der Waals surface area contributed by atoms with Crippen molar-refractivity contribution in [2.45, 2.75) is 38.5 Å². The molecule has 0 unspecified atom stereocenters. The number of benzene rings is 7. The van der Waals surface area contributed by atoms with E-state index in [9.17, 15) is 0 Å². The monoisotopic (exact) mass is 643 g/mol. The molecule has 0 amide bonds. The van der Waals surface area contributed by atoms with Crippen LogP contribution in [-0.4, -0.2) is 0 Å². The average Bonchev–Trinajstić information content (AvgIpc) is 3.72. The number of hydrogen-bond acceptors (Lipinski definition) is 2. The maximum Gasteiger partial charge on any atom is 0.137 e. The Morgan fingerprint density at radius 1 is 0.420 bits per heavy atom. The van der Waals surface area contributed by atoms with Crippen LogP contribution in [0, 0.1) is 0 Å². The molecule has 50 heavy (non-hydrogen) atoms. The standard InChI is InChI=1S/C48H37NO/c1-47(2)39-17-10-8-15-34(39)35-24-22-32(28-41(35)47)49(43-18-12-20-45-46(43)37-16-9-11-19-44(37)50-45)33-23-25-36-38-27-31(30-13-6-5-7-14-30)21-26-40(38)48(3,4)42(36)29-33/h5-29H,1-4H3.